The van der Waals surface area contributed by atoms with Gasteiger partial charge in [0.05, 0.1) is 12.0 Å². The minimum Gasteiger partial charge on any atom is -0.465 e. The Morgan fingerprint density at radius 2 is 2.33 bits per heavy atom. The number of hydrazone groups is 1. The molecule has 0 unspecified atom stereocenters. The van der Waals surface area contributed by atoms with Gasteiger partial charge in [-0.15, -0.1) is 0 Å². The van der Waals surface area contributed by atoms with E-state index in [0.29, 0.717) is 11.0 Å². The average Bonchev–Trinajstić information content (AvgIpc) is 2.84. The molecule has 2 N–H and O–H groups in total. The van der Waals surface area contributed by atoms with Crippen LogP contribution >= 0.6 is 12.2 Å². The molecule has 0 saturated heterocycles. The summed E-state index contributed by atoms with van der Waals surface area (Å²) in [5, 5.41) is 7.75. The topological polar surface area (TPSA) is 49.6 Å². The predicted molar refractivity (Wildman–Crippen MR) is 79.4 cm³/mol. The first-order valence-electron chi connectivity index (χ1n) is 5.87. The van der Waals surface area contributed by atoms with Gasteiger partial charge in [0, 0.05) is 6.54 Å². The highest BCUT2D eigenvalue weighted by Gasteiger charge is 1.96. The molecule has 1 aromatic rings. The maximum Gasteiger partial charge on any atom is 0.186 e. The molecule has 0 aliphatic rings. The molecule has 0 aliphatic heterocycles. The van der Waals surface area contributed by atoms with E-state index in [2.05, 4.69) is 29.7 Å². The second-order valence-electron chi connectivity index (χ2n) is 4.32. The molecule has 0 aliphatic carbocycles. The van der Waals surface area contributed by atoms with Crippen LogP contribution in [0.3, 0.4) is 0 Å². The predicted octanol–water partition coefficient (Wildman–Crippen LogP) is 2.79. The van der Waals surface area contributed by atoms with Crippen molar-refractivity contribution in [3.63, 3.8) is 0 Å². The molecule has 18 heavy (non-hydrogen) atoms. The highest BCUT2D eigenvalue weighted by molar-refractivity contribution is 7.80. The first-order valence-corrected chi connectivity index (χ1v) is 6.28. The van der Waals surface area contributed by atoms with Gasteiger partial charge < -0.3 is 9.73 Å². The van der Waals surface area contributed by atoms with Crippen LogP contribution in [-0.4, -0.2) is 17.4 Å². The quantitative estimate of drug-likeness (QED) is 0.488. The maximum atomic E-state index is 5.17. The lowest BCUT2D eigenvalue weighted by Crippen LogP contribution is -2.34. The largest absolute Gasteiger partial charge is 0.465 e. The lowest BCUT2D eigenvalue weighted by Gasteiger charge is -2.09. The van der Waals surface area contributed by atoms with Gasteiger partial charge in [-0.05, 0) is 49.3 Å². The lowest BCUT2D eigenvalue weighted by molar-refractivity contribution is 0.557. The molecular formula is C13H19N3OS. The fraction of sp³-hybridized carbons (Fsp3) is 0.385. The van der Waals surface area contributed by atoms with E-state index in [1.165, 1.54) is 0 Å². The van der Waals surface area contributed by atoms with Gasteiger partial charge in [0.25, 0.3) is 0 Å². The molecule has 0 bridgehead atoms. The van der Waals surface area contributed by atoms with E-state index in [-0.39, 0.29) is 0 Å². The Bertz CT molecular complexity index is 421. The van der Waals surface area contributed by atoms with E-state index in [1.54, 1.807) is 6.26 Å². The van der Waals surface area contributed by atoms with Crippen molar-refractivity contribution >= 4 is 29.1 Å². The molecule has 0 amide bonds. The number of allylic oxidation sites excluding steroid dienone is 1. The molecule has 5 heteroatoms. The van der Waals surface area contributed by atoms with Crippen LogP contribution in [0.5, 0.6) is 0 Å². The molecule has 1 rings (SSSR count). The zero-order chi connectivity index (χ0) is 13.4. The van der Waals surface area contributed by atoms with Crippen LogP contribution in [0, 0.1) is 5.92 Å². The number of hydrogen-bond acceptors (Lipinski definition) is 3. The smallest absolute Gasteiger partial charge is 0.186 e. The summed E-state index contributed by atoms with van der Waals surface area (Å²) in [6, 6.07) is 3.72. The molecule has 0 radical (unpaired) electrons. The van der Waals surface area contributed by atoms with E-state index in [0.717, 1.165) is 18.0 Å². The summed E-state index contributed by atoms with van der Waals surface area (Å²) in [6.07, 6.45) is 5.34. The molecule has 1 aromatic heterocycles. The van der Waals surface area contributed by atoms with Gasteiger partial charge >= 0.3 is 0 Å². The number of nitrogens with zero attached hydrogens (tertiary/aromatic N) is 1. The Morgan fingerprint density at radius 1 is 1.56 bits per heavy atom. The Kier molecular flexibility index (Phi) is 6.14. The summed E-state index contributed by atoms with van der Waals surface area (Å²) in [5.41, 5.74) is 3.61. The van der Waals surface area contributed by atoms with E-state index in [4.69, 9.17) is 16.6 Å². The third-order valence-electron chi connectivity index (χ3n) is 2.04. The SMILES string of the molecule is CC(/C=C/c1ccco1)=N\NC(=S)NCC(C)C. The van der Waals surface area contributed by atoms with Gasteiger partial charge in [0.2, 0.25) is 0 Å². The maximum absolute atomic E-state index is 5.17. The first kappa shape index (κ1) is 14.4. The summed E-state index contributed by atoms with van der Waals surface area (Å²) in [6.45, 7) is 6.96. The fourth-order valence-electron chi connectivity index (χ4n) is 1.10. The van der Waals surface area contributed by atoms with Crippen LogP contribution in [0.15, 0.2) is 34.0 Å². The second kappa shape index (κ2) is 7.66. The van der Waals surface area contributed by atoms with Gasteiger partial charge in [-0.1, -0.05) is 13.8 Å². The summed E-state index contributed by atoms with van der Waals surface area (Å²) < 4.78 is 5.17. The van der Waals surface area contributed by atoms with Crippen LogP contribution in [0.1, 0.15) is 26.5 Å². The van der Waals surface area contributed by atoms with Gasteiger partial charge in [0.1, 0.15) is 5.76 Å². The third kappa shape index (κ3) is 6.20. The molecule has 0 saturated carbocycles. The molecule has 1 heterocycles. The minimum absolute atomic E-state index is 0.537. The zero-order valence-corrected chi connectivity index (χ0v) is 11.8. The van der Waals surface area contributed by atoms with E-state index >= 15 is 0 Å². The Labute approximate surface area is 113 Å². The number of nitrogens with one attached hydrogen (secondary N) is 2. The minimum atomic E-state index is 0.537. The molecule has 0 fully saturated rings. The second-order valence-corrected chi connectivity index (χ2v) is 4.73. The summed E-state index contributed by atoms with van der Waals surface area (Å²) in [7, 11) is 0. The molecule has 0 aromatic carbocycles. The molecule has 4 nitrogen and oxygen atoms in total. The number of rotatable bonds is 5. The Balaban J connectivity index is 2.35. The van der Waals surface area contributed by atoms with E-state index in [9.17, 15) is 0 Å². The van der Waals surface area contributed by atoms with Crippen molar-refractivity contribution in [2.45, 2.75) is 20.8 Å². The zero-order valence-electron chi connectivity index (χ0n) is 10.9. The summed E-state index contributed by atoms with van der Waals surface area (Å²) in [5.74, 6) is 1.35. The van der Waals surface area contributed by atoms with Crippen molar-refractivity contribution in [3.05, 3.63) is 30.2 Å². The van der Waals surface area contributed by atoms with Gasteiger partial charge in [-0.3, -0.25) is 5.43 Å². The fourth-order valence-corrected chi connectivity index (χ4v) is 1.23. The normalized spacial score (nSPS) is 12.1. The van der Waals surface area contributed by atoms with Gasteiger partial charge in [0.15, 0.2) is 5.11 Å². The van der Waals surface area contributed by atoms with Gasteiger partial charge in [-0.25, -0.2) is 0 Å². The van der Waals surface area contributed by atoms with Crippen LogP contribution < -0.4 is 10.7 Å². The summed E-state index contributed by atoms with van der Waals surface area (Å²) in [4.78, 5) is 0. The average molecular weight is 265 g/mol. The third-order valence-corrected chi connectivity index (χ3v) is 2.27. The number of hydrogen-bond donors (Lipinski definition) is 2. The highest BCUT2D eigenvalue weighted by atomic mass is 32.1. The molecule has 0 spiro atoms. The lowest BCUT2D eigenvalue weighted by atomic mass is 10.2. The standard InChI is InChI=1S/C13H19N3OS/c1-10(2)9-14-13(18)16-15-11(3)6-7-12-5-4-8-17-12/h4-8,10H,9H2,1-3H3,(H2,14,16,18)/b7-6+,15-11+. The van der Waals surface area contributed by atoms with E-state index in [1.807, 2.05) is 31.2 Å². The first-order chi connectivity index (χ1) is 8.58. The van der Waals surface area contributed by atoms with Crippen molar-refractivity contribution in [1.29, 1.82) is 0 Å². The van der Waals surface area contributed by atoms with Crippen LogP contribution in [-0.2, 0) is 0 Å². The Morgan fingerprint density at radius 3 is 2.94 bits per heavy atom. The van der Waals surface area contributed by atoms with Crippen molar-refractivity contribution < 1.29 is 4.42 Å². The van der Waals surface area contributed by atoms with Crippen molar-refractivity contribution in [2.24, 2.45) is 11.0 Å². The van der Waals surface area contributed by atoms with Crippen molar-refractivity contribution in [2.75, 3.05) is 6.54 Å². The number of thiocarbonyl (C=S) groups is 1. The van der Waals surface area contributed by atoms with Crippen LogP contribution in [0.25, 0.3) is 6.08 Å². The van der Waals surface area contributed by atoms with E-state index < -0.39 is 0 Å². The Hall–Kier alpha value is -1.62. The summed E-state index contributed by atoms with van der Waals surface area (Å²) >= 11 is 5.08. The van der Waals surface area contributed by atoms with Crippen molar-refractivity contribution in [1.82, 2.24) is 10.7 Å². The molecular weight excluding hydrogens is 246 g/mol. The highest BCUT2D eigenvalue weighted by Crippen LogP contribution is 2.02. The monoisotopic (exact) mass is 265 g/mol. The molecule has 98 valence electrons. The van der Waals surface area contributed by atoms with Crippen LogP contribution in [0.2, 0.25) is 0 Å². The van der Waals surface area contributed by atoms with Crippen LogP contribution in [0.4, 0.5) is 0 Å². The number of furan rings is 1. The van der Waals surface area contributed by atoms with Crippen molar-refractivity contribution in [3.8, 4) is 0 Å². The van der Waals surface area contributed by atoms with Gasteiger partial charge in [-0.2, -0.15) is 5.10 Å². The molecule has 0 atom stereocenters.